The number of amides is 1. The number of aromatic nitrogens is 2. The van der Waals surface area contributed by atoms with Gasteiger partial charge in [-0.2, -0.15) is 13.2 Å². The van der Waals surface area contributed by atoms with Crippen LogP contribution in [0, 0.1) is 0 Å². The van der Waals surface area contributed by atoms with Crippen LogP contribution in [0.1, 0.15) is 43.9 Å². The molecule has 0 spiro atoms. The van der Waals surface area contributed by atoms with Crippen LogP contribution in [0.5, 0.6) is 0 Å². The number of fused-ring (bicyclic) bond motifs is 1. The fourth-order valence-electron chi connectivity index (χ4n) is 5.42. The molecule has 2 saturated heterocycles. The highest BCUT2D eigenvalue weighted by atomic mass is 35.5. The molecule has 192 valence electrons. The van der Waals surface area contributed by atoms with E-state index in [9.17, 15) is 18.0 Å². The van der Waals surface area contributed by atoms with Gasteiger partial charge in [-0.1, -0.05) is 17.7 Å². The molecule has 6 nitrogen and oxygen atoms in total. The van der Waals surface area contributed by atoms with E-state index in [4.69, 9.17) is 11.6 Å². The van der Waals surface area contributed by atoms with Gasteiger partial charge in [0.1, 0.15) is 0 Å². The number of hydrogen-bond donors (Lipinski definition) is 1. The van der Waals surface area contributed by atoms with Gasteiger partial charge in [0.2, 0.25) is 5.91 Å². The molecule has 5 rings (SSSR count). The van der Waals surface area contributed by atoms with Crippen molar-refractivity contribution in [2.24, 2.45) is 0 Å². The van der Waals surface area contributed by atoms with Crippen LogP contribution in [0.2, 0.25) is 5.02 Å². The smallest absolute Gasteiger partial charge is 0.368 e. The number of imidazole rings is 1. The highest BCUT2D eigenvalue weighted by Crippen LogP contribution is 2.38. The Morgan fingerprint density at radius 1 is 1.19 bits per heavy atom. The van der Waals surface area contributed by atoms with E-state index in [1.807, 2.05) is 23.1 Å². The van der Waals surface area contributed by atoms with Gasteiger partial charge < -0.3 is 19.7 Å². The molecule has 1 N–H and O–H groups in total. The lowest BCUT2D eigenvalue weighted by atomic mass is 10.0. The van der Waals surface area contributed by atoms with Crippen molar-refractivity contribution in [3.63, 3.8) is 0 Å². The minimum Gasteiger partial charge on any atom is -0.368 e. The maximum Gasteiger partial charge on any atom is 0.416 e. The van der Waals surface area contributed by atoms with Crippen LogP contribution in [0.25, 0.3) is 11.0 Å². The van der Waals surface area contributed by atoms with Gasteiger partial charge in [-0.05, 0) is 69.1 Å². The van der Waals surface area contributed by atoms with Gasteiger partial charge in [0.15, 0.2) is 0 Å². The summed E-state index contributed by atoms with van der Waals surface area (Å²) >= 11 is 5.88. The largest absolute Gasteiger partial charge is 0.416 e. The van der Waals surface area contributed by atoms with E-state index in [2.05, 4.69) is 22.1 Å². The van der Waals surface area contributed by atoms with Gasteiger partial charge >= 0.3 is 6.18 Å². The zero-order valence-corrected chi connectivity index (χ0v) is 21.0. The van der Waals surface area contributed by atoms with Gasteiger partial charge in [-0.3, -0.25) is 4.79 Å². The summed E-state index contributed by atoms with van der Waals surface area (Å²) in [6.45, 7) is 6.68. The number of piperazine rings is 1. The minimum absolute atomic E-state index is 0.0477. The molecule has 1 aromatic heterocycles. The molecule has 0 radical (unpaired) electrons. The zero-order chi connectivity index (χ0) is 25.6. The SMILES string of the molecule is CC(c1ccc(Cl)cc1C(F)(F)F)n1cnc2ccc(N3CCN(C(=O)C4CCCN4)[C@H](C)C3)cc21. The number of benzene rings is 2. The van der Waals surface area contributed by atoms with E-state index >= 15 is 0 Å². The molecule has 0 saturated carbocycles. The Morgan fingerprint density at radius 3 is 2.69 bits per heavy atom. The Balaban J connectivity index is 1.40. The van der Waals surface area contributed by atoms with Crippen molar-refractivity contribution < 1.29 is 18.0 Å². The second kappa shape index (κ2) is 9.59. The molecule has 2 fully saturated rings. The van der Waals surface area contributed by atoms with Crippen molar-refractivity contribution >= 4 is 34.2 Å². The molecular formula is C26H29ClF3N5O. The van der Waals surface area contributed by atoms with E-state index < -0.39 is 17.8 Å². The van der Waals surface area contributed by atoms with E-state index in [1.165, 1.54) is 12.1 Å². The molecule has 2 aliphatic rings. The third-order valence-corrected chi connectivity index (χ3v) is 7.62. The first-order valence-electron chi connectivity index (χ1n) is 12.3. The van der Waals surface area contributed by atoms with Crippen molar-refractivity contribution in [2.75, 3.05) is 31.1 Å². The highest BCUT2D eigenvalue weighted by Gasteiger charge is 2.36. The molecule has 3 heterocycles. The fraction of sp³-hybridized carbons (Fsp3) is 0.462. The van der Waals surface area contributed by atoms with Crippen molar-refractivity contribution in [2.45, 2.75) is 51.0 Å². The third kappa shape index (κ3) is 4.66. The predicted molar refractivity (Wildman–Crippen MR) is 134 cm³/mol. The van der Waals surface area contributed by atoms with Gasteiger partial charge in [0, 0.05) is 36.4 Å². The average Bonchev–Trinajstić information content (AvgIpc) is 3.52. The van der Waals surface area contributed by atoms with Gasteiger partial charge in [-0.15, -0.1) is 0 Å². The summed E-state index contributed by atoms with van der Waals surface area (Å²) < 4.78 is 43.0. The standard InChI is InChI=1S/C26H29ClF3N5O/c1-16-14-33(10-11-34(16)25(36)23-4-3-9-31-23)19-6-8-22-24(13-19)35(15-32-22)17(2)20-7-5-18(27)12-21(20)26(28,29)30/h5-8,12-13,15-17,23,31H,3-4,9-11,14H2,1-2H3/t16-,17?,23?/m1/s1. The van der Waals surface area contributed by atoms with Gasteiger partial charge in [-0.25, -0.2) is 4.98 Å². The molecule has 3 atom stereocenters. The predicted octanol–water partition coefficient (Wildman–Crippen LogP) is 5.11. The summed E-state index contributed by atoms with van der Waals surface area (Å²) in [6, 6.07) is 9.11. The fourth-order valence-corrected chi connectivity index (χ4v) is 5.60. The first kappa shape index (κ1) is 24.9. The van der Waals surface area contributed by atoms with Crippen molar-refractivity contribution in [3.8, 4) is 0 Å². The van der Waals surface area contributed by atoms with Crippen molar-refractivity contribution in [3.05, 3.63) is 58.9 Å². The van der Waals surface area contributed by atoms with Crippen LogP contribution >= 0.6 is 11.6 Å². The number of anilines is 1. The number of carbonyl (C=O) groups is 1. The molecule has 0 aliphatic carbocycles. The van der Waals surface area contributed by atoms with Crippen molar-refractivity contribution in [1.82, 2.24) is 19.8 Å². The molecule has 2 aromatic carbocycles. The Bertz CT molecular complexity index is 1270. The number of alkyl halides is 3. The summed E-state index contributed by atoms with van der Waals surface area (Å²) in [5, 5.41) is 3.34. The number of nitrogens with zero attached hydrogens (tertiary/aromatic N) is 4. The van der Waals surface area contributed by atoms with Crippen LogP contribution < -0.4 is 10.2 Å². The number of carbonyl (C=O) groups excluding carboxylic acids is 1. The van der Waals surface area contributed by atoms with E-state index in [0.717, 1.165) is 36.7 Å². The monoisotopic (exact) mass is 519 g/mol. The Morgan fingerprint density at radius 2 is 2.00 bits per heavy atom. The molecule has 3 aromatic rings. The molecular weight excluding hydrogens is 491 g/mol. The number of halogens is 4. The second-order valence-corrected chi connectivity index (χ2v) is 10.1. The number of hydrogen-bond acceptors (Lipinski definition) is 4. The molecule has 1 amide bonds. The highest BCUT2D eigenvalue weighted by molar-refractivity contribution is 6.30. The minimum atomic E-state index is -4.52. The Labute approximate surface area is 213 Å². The summed E-state index contributed by atoms with van der Waals surface area (Å²) in [7, 11) is 0. The lowest BCUT2D eigenvalue weighted by Crippen LogP contribution is -2.57. The van der Waals surface area contributed by atoms with Crippen LogP contribution in [0.3, 0.4) is 0 Å². The van der Waals surface area contributed by atoms with Gasteiger partial charge in [0.25, 0.3) is 0 Å². The maximum atomic E-state index is 13.8. The normalized spacial score (nSPS) is 21.8. The first-order chi connectivity index (χ1) is 17.1. The number of rotatable bonds is 4. The number of nitrogens with one attached hydrogen (secondary N) is 1. The van der Waals surface area contributed by atoms with Crippen molar-refractivity contribution in [1.29, 1.82) is 0 Å². The van der Waals surface area contributed by atoms with Crippen LogP contribution in [-0.4, -0.2) is 58.6 Å². The van der Waals surface area contributed by atoms with Crippen LogP contribution in [-0.2, 0) is 11.0 Å². The van der Waals surface area contributed by atoms with Crippen LogP contribution in [0.4, 0.5) is 18.9 Å². The Kier molecular flexibility index (Phi) is 6.63. The summed E-state index contributed by atoms with van der Waals surface area (Å²) in [4.78, 5) is 21.5. The topological polar surface area (TPSA) is 53.4 Å². The summed E-state index contributed by atoms with van der Waals surface area (Å²) in [5.74, 6) is 0.172. The van der Waals surface area contributed by atoms with E-state index in [-0.39, 0.29) is 28.6 Å². The van der Waals surface area contributed by atoms with Gasteiger partial charge in [0.05, 0.1) is 35.0 Å². The Hall–Kier alpha value is -2.78. The first-order valence-corrected chi connectivity index (χ1v) is 12.6. The summed E-state index contributed by atoms with van der Waals surface area (Å²) in [5.41, 5.74) is 1.82. The quantitative estimate of drug-likeness (QED) is 0.520. The average molecular weight is 520 g/mol. The van der Waals surface area contributed by atoms with E-state index in [1.54, 1.807) is 17.8 Å². The summed E-state index contributed by atoms with van der Waals surface area (Å²) in [6.07, 6.45) is -1.02. The van der Waals surface area contributed by atoms with Crippen LogP contribution in [0.15, 0.2) is 42.7 Å². The maximum absolute atomic E-state index is 13.8. The zero-order valence-electron chi connectivity index (χ0n) is 20.2. The van der Waals surface area contributed by atoms with E-state index in [0.29, 0.717) is 25.2 Å². The molecule has 2 unspecified atom stereocenters. The molecule has 36 heavy (non-hydrogen) atoms. The second-order valence-electron chi connectivity index (χ2n) is 9.71. The molecule has 0 bridgehead atoms. The lowest BCUT2D eigenvalue weighted by molar-refractivity contribution is -0.138. The third-order valence-electron chi connectivity index (χ3n) is 7.38. The molecule has 10 heteroatoms. The molecule has 2 aliphatic heterocycles. The lowest BCUT2D eigenvalue weighted by Gasteiger charge is -2.42.